The number of rotatable bonds is 4. The average molecular weight is 260 g/mol. The SMILES string of the molecule is N#Cc1ccc(OCC2CCCCC2)cc1[N+](=O)[O-]. The van der Waals surface area contributed by atoms with E-state index in [9.17, 15) is 10.1 Å². The molecule has 0 radical (unpaired) electrons. The maximum atomic E-state index is 10.8. The molecule has 0 aliphatic heterocycles. The summed E-state index contributed by atoms with van der Waals surface area (Å²) < 4.78 is 5.62. The van der Waals surface area contributed by atoms with Gasteiger partial charge in [-0.1, -0.05) is 19.3 Å². The topological polar surface area (TPSA) is 76.2 Å². The van der Waals surface area contributed by atoms with Gasteiger partial charge >= 0.3 is 0 Å². The van der Waals surface area contributed by atoms with Gasteiger partial charge in [0.25, 0.3) is 5.69 Å². The third-order valence-corrected chi connectivity index (χ3v) is 3.50. The second-order valence-corrected chi connectivity index (χ2v) is 4.86. The van der Waals surface area contributed by atoms with Crippen LogP contribution in [0.5, 0.6) is 5.75 Å². The molecule has 1 fully saturated rings. The lowest BCUT2D eigenvalue weighted by Gasteiger charge is -2.21. The summed E-state index contributed by atoms with van der Waals surface area (Å²) in [5.74, 6) is 1.01. The molecule has 0 spiro atoms. The maximum Gasteiger partial charge on any atom is 0.290 e. The monoisotopic (exact) mass is 260 g/mol. The molecule has 1 aromatic rings. The van der Waals surface area contributed by atoms with Gasteiger partial charge in [0, 0.05) is 0 Å². The smallest absolute Gasteiger partial charge is 0.290 e. The Bertz CT molecular complexity index is 502. The van der Waals surface area contributed by atoms with Crippen molar-refractivity contribution in [1.82, 2.24) is 0 Å². The van der Waals surface area contributed by atoms with E-state index in [2.05, 4.69) is 0 Å². The molecule has 100 valence electrons. The van der Waals surface area contributed by atoms with Gasteiger partial charge in [-0.05, 0) is 30.9 Å². The van der Waals surface area contributed by atoms with Crippen LogP contribution in [0.25, 0.3) is 0 Å². The van der Waals surface area contributed by atoms with Gasteiger partial charge in [-0.15, -0.1) is 0 Å². The highest BCUT2D eigenvalue weighted by Gasteiger charge is 2.17. The fourth-order valence-corrected chi connectivity index (χ4v) is 2.41. The van der Waals surface area contributed by atoms with Crippen molar-refractivity contribution in [3.63, 3.8) is 0 Å². The van der Waals surface area contributed by atoms with Gasteiger partial charge in [0.15, 0.2) is 0 Å². The average Bonchev–Trinajstić information content (AvgIpc) is 2.46. The Morgan fingerprint density at radius 2 is 2.11 bits per heavy atom. The van der Waals surface area contributed by atoms with E-state index in [0.717, 1.165) is 0 Å². The summed E-state index contributed by atoms with van der Waals surface area (Å²) in [5, 5.41) is 19.6. The fourth-order valence-electron chi connectivity index (χ4n) is 2.41. The molecule has 5 nitrogen and oxygen atoms in total. The highest BCUT2D eigenvalue weighted by Crippen LogP contribution is 2.27. The van der Waals surface area contributed by atoms with E-state index in [4.69, 9.17) is 10.00 Å². The first-order valence-corrected chi connectivity index (χ1v) is 6.52. The Morgan fingerprint density at radius 3 is 2.74 bits per heavy atom. The summed E-state index contributed by atoms with van der Waals surface area (Å²) in [7, 11) is 0. The first-order valence-electron chi connectivity index (χ1n) is 6.52. The zero-order valence-corrected chi connectivity index (χ0v) is 10.7. The van der Waals surface area contributed by atoms with Crippen LogP contribution in [0, 0.1) is 27.4 Å². The van der Waals surface area contributed by atoms with Crippen molar-refractivity contribution in [3.05, 3.63) is 33.9 Å². The van der Waals surface area contributed by atoms with Gasteiger partial charge in [0.1, 0.15) is 17.4 Å². The van der Waals surface area contributed by atoms with Gasteiger partial charge < -0.3 is 4.74 Å². The highest BCUT2D eigenvalue weighted by molar-refractivity contribution is 5.52. The predicted octanol–water partition coefficient (Wildman–Crippen LogP) is 3.43. The summed E-state index contributed by atoms with van der Waals surface area (Å²) in [5.41, 5.74) is -0.126. The number of nitrogens with zero attached hydrogens (tertiary/aromatic N) is 2. The van der Waals surface area contributed by atoms with Crippen LogP contribution in [0.1, 0.15) is 37.7 Å². The van der Waals surface area contributed by atoms with Crippen LogP contribution in [0.3, 0.4) is 0 Å². The van der Waals surface area contributed by atoms with Crippen LogP contribution in [0.4, 0.5) is 5.69 Å². The number of nitro benzene ring substituents is 1. The van der Waals surface area contributed by atoms with Gasteiger partial charge in [0.2, 0.25) is 0 Å². The van der Waals surface area contributed by atoms with E-state index in [1.807, 2.05) is 6.07 Å². The standard InChI is InChI=1S/C14H16N2O3/c15-9-12-6-7-13(8-14(12)16(17)18)19-10-11-4-2-1-3-5-11/h6-8,11H,1-5,10H2. The van der Waals surface area contributed by atoms with Crippen LogP contribution >= 0.6 is 0 Å². The molecule has 1 aliphatic rings. The zero-order chi connectivity index (χ0) is 13.7. The molecule has 0 bridgehead atoms. The van der Waals surface area contributed by atoms with E-state index in [0.29, 0.717) is 18.3 Å². The normalized spacial score (nSPS) is 15.7. The van der Waals surface area contributed by atoms with Gasteiger partial charge in [-0.2, -0.15) is 5.26 Å². The minimum absolute atomic E-state index is 0.0648. The Morgan fingerprint density at radius 1 is 1.37 bits per heavy atom. The predicted molar refractivity (Wildman–Crippen MR) is 69.9 cm³/mol. The number of hydrogen-bond donors (Lipinski definition) is 0. The van der Waals surface area contributed by atoms with Crippen molar-refractivity contribution >= 4 is 5.69 Å². The summed E-state index contributed by atoms with van der Waals surface area (Å²) in [6, 6.07) is 6.21. The molecule has 0 heterocycles. The largest absolute Gasteiger partial charge is 0.493 e. The molecule has 0 amide bonds. The lowest BCUT2D eigenvalue weighted by atomic mass is 9.90. The van der Waals surface area contributed by atoms with E-state index in [1.165, 1.54) is 44.2 Å². The second-order valence-electron chi connectivity index (χ2n) is 4.86. The number of benzene rings is 1. The van der Waals surface area contributed by atoms with Gasteiger partial charge in [-0.25, -0.2) is 0 Å². The molecule has 0 atom stereocenters. The van der Waals surface area contributed by atoms with Crippen LogP contribution in [0.2, 0.25) is 0 Å². The molecule has 0 aromatic heterocycles. The van der Waals surface area contributed by atoms with Crippen molar-refractivity contribution in [2.45, 2.75) is 32.1 Å². The van der Waals surface area contributed by atoms with Gasteiger partial charge in [-0.3, -0.25) is 10.1 Å². The lowest BCUT2D eigenvalue weighted by Crippen LogP contribution is -2.15. The van der Waals surface area contributed by atoms with E-state index < -0.39 is 4.92 Å². The Kier molecular flexibility index (Phi) is 4.35. The van der Waals surface area contributed by atoms with Crippen molar-refractivity contribution in [1.29, 1.82) is 5.26 Å². The molecule has 2 rings (SSSR count). The zero-order valence-electron chi connectivity index (χ0n) is 10.7. The van der Waals surface area contributed by atoms with Crippen LogP contribution in [-0.4, -0.2) is 11.5 Å². The number of hydrogen-bond acceptors (Lipinski definition) is 4. The third-order valence-electron chi connectivity index (χ3n) is 3.50. The minimum atomic E-state index is -0.550. The van der Waals surface area contributed by atoms with Crippen molar-refractivity contribution in [2.24, 2.45) is 5.92 Å². The molecular formula is C14H16N2O3. The highest BCUT2D eigenvalue weighted by atomic mass is 16.6. The molecule has 1 aromatic carbocycles. The van der Waals surface area contributed by atoms with Crippen LogP contribution in [0.15, 0.2) is 18.2 Å². The van der Waals surface area contributed by atoms with Crippen molar-refractivity contribution in [3.8, 4) is 11.8 Å². The molecule has 0 unspecified atom stereocenters. The maximum absolute atomic E-state index is 10.8. The number of ether oxygens (including phenoxy) is 1. The van der Waals surface area contributed by atoms with Crippen LogP contribution in [-0.2, 0) is 0 Å². The number of nitriles is 1. The Balaban J connectivity index is 2.02. The second kappa shape index (κ2) is 6.19. The third kappa shape index (κ3) is 3.44. The van der Waals surface area contributed by atoms with Gasteiger partial charge in [0.05, 0.1) is 17.6 Å². The molecule has 19 heavy (non-hydrogen) atoms. The first-order chi connectivity index (χ1) is 9.20. The van der Waals surface area contributed by atoms with E-state index in [-0.39, 0.29) is 11.3 Å². The summed E-state index contributed by atoms with van der Waals surface area (Å²) in [6.07, 6.45) is 6.10. The Hall–Kier alpha value is -2.09. The van der Waals surface area contributed by atoms with E-state index in [1.54, 1.807) is 6.07 Å². The molecule has 5 heteroatoms. The number of nitro groups is 1. The first kappa shape index (κ1) is 13.3. The minimum Gasteiger partial charge on any atom is -0.493 e. The molecular weight excluding hydrogens is 244 g/mol. The van der Waals surface area contributed by atoms with E-state index >= 15 is 0 Å². The summed E-state index contributed by atoms with van der Waals surface area (Å²) in [4.78, 5) is 10.3. The quantitative estimate of drug-likeness (QED) is 0.614. The Labute approximate surface area is 112 Å². The molecule has 1 aliphatic carbocycles. The summed E-state index contributed by atoms with van der Waals surface area (Å²) in [6.45, 7) is 0.600. The summed E-state index contributed by atoms with van der Waals surface area (Å²) >= 11 is 0. The van der Waals surface area contributed by atoms with Crippen molar-refractivity contribution in [2.75, 3.05) is 6.61 Å². The van der Waals surface area contributed by atoms with Crippen LogP contribution < -0.4 is 4.74 Å². The fraction of sp³-hybridized carbons (Fsp3) is 0.500. The molecule has 0 saturated heterocycles. The van der Waals surface area contributed by atoms with Crippen molar-refractivity contribution < 1.29 is 9.66 Å². The molecule has 1 saturated carbocycles. The molecule has 0 N–H and O–H groups in total. The lowest BCUT2D eigenvalue weighted by molar-refractivity contribution is -0.385.